The molecule has 9 nitrogen and oxygen atoms in total. The summed E-state index contributed by atoms with van der Waals surface area (Å²) < 4.78 is 16.8. The van der Waals surface area contributed by atoms with Crippen LogP contribution in [-0.4, -0.2) is 43.5 Å². The van der Waals surface area contributed by atoms with Gasteiger partial charge < -0.3 is 25.4 Å². The smallest absolute Gasteiger partial charge is 0.350 e. The van der Waals surface area contributed by atoms with E-state index in [2.05, 4.69) is 4.98 Å². The van der Waals surface area contributed by atoms with Crippen molar-refractivity contribution >= 4 is 13.4 Å². The van der Waals surface area contributed by atoms with Gasteiger partial charge in [0.2, 0.25) is 0 Å². The van der Waals surface area contributed by atoms with Crippen LogP contribution >= 0.6 is 7.60 Å². The quantitative estimate of drug-likeness (QED) is 0.455. The van der Waals surface area contributed by atoms with Crippen molar-refractivity contribution in [2.45, 2.75) is 19.1 Å². The number of hydrogen-bond donors (Lipinski definition) is 4. The van der Waals surface area contributed by atoms with Gasteiger partial charge in [-0.15, -0.1) is 0 Å². The molecule has 0 spiro atoms. The van der Waals surface area contributed by atoms with E-state index in [4.69, 9.17) is 25.4 Å². The van der Waals surface area contributed by atoms with Crippen LogP contribution in [0.15, 0.2) is 17.1 Å². The second-order valence-corrected chi connectivity index (χ2v) is 5.47. The van der Waals surface area contributed by atoms with E-state index in [9.17, 15) is 9.36 Å². The van der Waals surface area contributed by atoms with Crippen LogP contribution in [0.3, 0.4) is 0 Å². The van der Waals surface area contributed by atoms with Gasteiger partial charge >= 0.3 is 13.3 Å². The molecule has 108 valence electrons. The highest BCUT2D eigenvalue weighted by Crippen LogP contribution is 2.34. The fraction of sp³-hybridized carbons (Fsp3) is 0.556. The third kappa shape index (κ3) is 5.95. The van der Waals surface area contributed by atoms with Gasteiger partial charge in [-0.25, -0.2) is 4.79 Å². The van der Waals surface area contributed by atoms with Crippen LogP contribution in [0.2, 0.25) is 0 Å². The molecule has 1 rings (SSSR count). The Morgan fingerprint density at radius 1 is 1.53 bits per heavy atom. The van der Waals surface area contributed by atoms with Gasteiger partial charge in [-0.1, -0.05) is 0 Å². The molecular weight excluding hydrogens is 277 g/mol. The van der Waals surface area contributed by atoms with E-state index in [1.165, 1.54) is 16.8 Å². The number of aliphatic hydroxyl groups is 1. The number of ether oxygens (including phenoxy) is 1. The lowest BCUT2D eigenvalue weighted by Gasteiger charge is -2.16. The Kier molecular flexibility index (Phi) is 5.64. The molecule has 1 aromatic rings. The minimum Gasteiger partial charge on any atom is -0.394 e. The largest absolute Gasteiger partial charge is 0.394 e. The van der Waals surface area contributed by atoms with Crippen molar-refractivity contribution in [1.82, 2.24) is 9.55 Å². The molecule has 1 aromatic heterocycles. The second-order valence-electron chi connectivity index (χ2n) is 3.88. The Labute approximate surface area is 108 Å². The summed E-state index contributed by atoms with van der Waals surface area (Å²) in [6.07, 6.45) is 0.120. The van der Waals surface area contributed by atoms with Crippen molar-refractivity contribution in [2.24, 2.45) is 0 Å². The molecule has 0 saturated carbocycles. The highest BCUT2D eigenvalue weighted by atomic mass is 31.2. The number of rotatable bonds is 7. The molecule has 0 aliphatic carbocycles. The van der Waals surface area contributed by atoms with Crippen LogP contribution in [0.1, 0.15) is 6.42 Å². The molecule has 0 bridgehead atoms. The first-order chi connectivity index (χ1) is 8.81. The van der Waals surface area contributed by atoms with E-state index < -0.39 is 32.3 Å². The summed E-state index contributed by atoms with van der Waals surface area (Å²) in [6.45, 7) is -0.213. The second kappa shape index (κ2) is 6.78. The zero-order valence-corrected chi connectivity index (χ0v) is 10.9. The Hall–Kier alpha value is -1.25. The van der Waals surface area contributed by atoms with Gasteiger partial charge in [-0.3, -0.25) is 9.13 Å². The molecule has 1 heterocycles. The fourth-order valence-corrected chi connectivity index (χ4v) is 1.73. The number of nitrogens with two attached hydrogens (primary N) is 1. The number of aliphatic hydroxyl groups excluding tert-OH is 1. The minimum atomic E-state index is -4.28. The lowest BCUT2D eigenvalue weighted by Crippen LogP contribution is -2.27. The first-order valence-electron chi connectivity index (χ1n) is 5.42. The van der Waals surface area contributed by atoms with Crippen LogP contribution in [0.25, 0.3) is 0 Å². The highest BCUT2D eigenvalue weighted by Gasteiger charge is 2.17. The van der Waals surface area contributed by atoms with Crippen molar-refractivity contribution in [1.29, 1.82) is 0 Å². The zero-order valence-electron chi connectivity index (χ0n) is 10.0. The van der Waals surface area contributed by atoms with Gasteiger partial charge in [-0.2, -0.15) is 4.98 Å². The Bertz CT molecular complexity index is 513. The molecule has 0 unspecified atom stereocenters. The normalized spacial score (nSPS) is 13.4. The first kappa shape index (κ1) is 15.8. The summed E-state index contributed by atoms with van der Waals surface area (Å²) >= 11 is 0. The summed E-state index contributed by atoms with van der Waals surface area (Å²) in [7, 11) is -4.28. The van der Waals surface area contributed by atoms with E-state index in [0.717, 1.165) is 0 Å². The molecule has 0 amide bonds. The summed E-state index contributed by atoms with van der Waals surface area (Å²) in [6, 6.07) is 1.45. The predicted molar refractivity (Wildman–Crippen MR) is 66.4 cm³/mol. The van der Waals surface area contributed by atoms with Crippen LogP contribution < -0.4 is 11.4 Å². The van der Waals surface area contributed by atoms with E-state index >= 15 is 0 Å². The van der Waals surface area contributed by atoms with Crippen LogP contribution in [-0.2, 0) is 15.8 Å². The van der Waals surface area contributed by atoms with Crippen LogP contribution in [0.4, 0.5) is 5.82 Å². The third-order valence-electron chi connectivity index (χ3n) is 2.27. The van der Waals surface area contributed by atoms with Gasteiger partial charge in [0.15, 0.2) is 0 Å². The fourth-order valence-electron chi connectivity index (χ4n) is 1.33. The molecule has 0 saturated heterocycles. The summed E-state index contributed by atoms with van der Waals surface area (Å²) in [4.78, 5) is 32.2. The van der Waals surface area contributed by atoms with E-state index in [-0.39, 0.29) is 18.8 Å². The number of hydrogen-bond acceptors (Lipinski definition) is 6. The van der Waals surface area contributed by atoms with E-state index in [1.807, 2.05) is 0 Å². The highest BCUT2D eigenvalue weighted by molar-refractivity contribution is 7.51. The minimum absolute atomic E-state index is 0.109. The Balaban J connectivity index is 2.53. The standard InChI is InChI=1S/C9H16N3O6P/c10-8-2-4-12(9(14)11-8)3-1-7(5-13)18-6-19(15,16)17/h2,4,7,13H,1,3,5-6H2,(H2,10,11,14)(H2,15,16,17)/t7-/m0/s1. The molecule has 10 heteroatoms. The summed E-state index contributed by atoms with van der Waals surface area (Å²) in [5, 5.41) is 9.01. The molecule has 19 heavy (non-hydrogen) atoms. The van der Waals surface area contributed by atoms with Crippen LogP contribution in [0.5, 0.6) is 0 Å². The summed E-state index contributed by atoms with van der Waals surface area (Å²) in [5.41, 5.74) is 4.79. The van der Waals surface area contributed by atoms with E-state index in [1.54, 1.807) is 0 Å². The number of aryl methyl sites for hydroxylation is 1. The predicted octanol–water partition coefficient (Wildman–Crippen LogP) is -1.27. The Morgan fingerprint density at radius 3 is 2.74 bits per heavy atom. The van der Waals surface area contributed by atoms with Gasteiger partial charge in [0.05, 0.1) is 12.7 Å². The number of nitrogens with zero attached hydrogens (tertiary/aromatic N) is 2. The van der Waals surface area contributed by atoms with Crippen LogP contribution in [0, 0.1) is 0 Å². The van der Waals surface area contributed by atoms with Gasteiger partial charge in [0, 0.05) is 12.7 Å². The monoisotopic (exact) mass is 293 g/mol. The van der Waals surface area contributed by atoms with Gasteiger partial charge in [-0.05, 0) is 12.5 Å². The third-order valence-corrected chi connectivity index (χ3v) is 2.76. The average molecular weight is 293 g/mol. The van der Waals surface area contributed by atoms with E-state index in [0.29, 0.717) is 0 Å². The zero-order chi connectivity index (χ0) is 14.5. The molecule has 5 N–H and O–H groups in total. The van der Waals surface area contributed by atoms with Crippen molar-refractivity contribution in [3.8, 4) is 0 Å². The maximum atomic E-state index is 11.4. The molecule has 1 atom stereocenters. The topological polar surface area (TPSA) is 148 Å². The molecule has 0 aliphatic rings. The molecule has 0 radical (unpaired) electrons. The van der Waals surface area contributed by atoms with Crippen molar-refractivity contribution in [2.75, 3.05) is 18.7 Å². The Morgan fingerprint density at radius 2 is 2.21 bits per heavy atom. The number of nitrogen functional groups attached to an aromatic ring is 1. The summed E-state index contributed by atoms with van der Waals surface area (Å²) in [5.74, 6) is 0.109. The van der Waals surface area contributed by atoms with Gasteiger partial charge in [0.1, 0.15) is 12.2 Å². The van der Waals surface area contributed by atoms with Crippen molar-refractivity contribution in [3.05, 3.63) is 22.7 Å². The maximum absolute atomic E-state index is 11.4. The van der Waals surface area contributed by atoms with Crippen molar-refractivity contribution < 1.29 is 24.2 Å². The molecular formula is C9H16N3O6P. The van der Waals surface area contributed by atoms with Crippen molar-refractivity contribution in [3.63, 3.8) is 0 Å². The first-order valence-corrected chi connectivity index (χ1v) is 7.21. The lowest BCUT2D eigenvalue weighted by atomic mass is 10.2. The van der Waals surface area contributed by atoms with Gasteiger partial charge in [0.25, 0.3) is 0 Å². The SMILES string of the molecule is Nc1ccn(CC[C@@H](CO)OCP(=O)(O)O)c(=O)n1. The maximum Gasteiger partial charge on any atom is 0.350 e. The number of anilines is 1. The molecule has 0 aliphatic heterocycles. The molecule has 0 aromatic carbocycles. The molecule has 0 fully saturated rings. The average Bonchev–Trinajstić information content (AvgIpc) is 2.30. The number of aromatic nitrogens is 2. The lowest BCUT2D eigenvalue weighted by molar-refractivity contribution is 0.0223.